The molecule has 96 valence electrons. The van der Waals surface area contributed by atoms with Crippen LogP contribution in [0.15, 0.2) is 11.1 Å². The van der Waals surface area contributed by atoms with Crippen LogP contribution in [-0.2, 0) is 9.59 Å². The molecule has 0 aromatic rings. The van der Waals surface area contributed by atoms with E-state index in [1.807, 2.05) is 0 Å². The Hall–Kier alpha value is -1.32. The summed E-state index contributed by atoms with van der Waals surface area (Å²) < 4.78 is 0. The number of hydrogen-bond acceptors (Lipinski definition) is 2. The molecule has 0 aromatic heterocycles. The lowest BCUT2D eigenvalue weighted by atomic mass is 9.79. The first-order chi connectivity index (χ1) is 7.75. The number of hydrogen-bond donors (Lipinski definition) is 2. The number of carboxylic acids is 2. The maximum absolute atomic E-state index is 11.4. The summed E-state index contributed by atoms with van der Waals surface area (Å²) in [6.45, 7) is 5.23. The number of aliphatic carboxylic acids is 2. The third-order valence-electron chi connectivity index (χ3n) is 3.23. The van der Waals surface area contributed by atoms with Crippen LogP contribution in [0.2, 0.25) is 0 Å². The lowest BCUT2D eigenvalue weighted by Crippen LogP contribution is -2.25. The van der Waals surface area contributed by atoms with Crippen molar-refractivity contribution in [3.05, 3.63) is 11.1 Å². The molecule has 1 aliphatic carbocycles. The fourth-order valence-corrected chi connectivity index (χ4v) is 2.54. The van der Waals surface area contributed by atoms with Crippen molar-refractivity contribution in [2.75, 3.05) is 0 Å². The summed E-state index contributed by atoms with van der Waals surface area (Å²) in [6.07, 6.45) is 3.54. The molecule has 1 aliphatic rings. The highest BCUT2D eigenvalue weighted by molar-refractivity contribution is 6.00. The molecule has 4 nitrogen and oxygen atoms in total. The van der Waals surface area contributed by atoms with Gasteiger partial charge in [-0.3, -0.25) is 0 Å². The van der Waals surface area contributed by atoms with E-state index >= 15 is 0 Å². The fraction of sp³-hybridized carbons (Fsp3) is 0.692. The molecule has 0 radical (unpaired) electrons. The minimum absolute atomic E-state index is 0.0527. The van der Waals surface area contributed by atoms with E-state index in [1.165, 1.54) is 0 Å². The molecule has 0 aliphatic heterocycles. The summed E-state index contributed by atoms with van der Waals surface area (Å²) in [7, 11) is 0. The second-order valence-electron chi connectivity index (χ2n) is 5.63. The normalized spacial score (nSPS) is 19.0. The smallest absolute Gasteiger partial charge is 0.332 e. The van der Waals surface area contributed by atoms with Gasteiger partial charge in [-0.2, -0.15) is 0 Å². The minimum Gasteiger partial charge on any atom is -0.478 e. The Morgan fingerprint density at radius 3 is 1.76 bits per heavy atom. The molecule has 0 amide bonds. The molecule has 1 saturated carbocycles. The predicted octanol–water partition coefficient (Wildman–Crippen LogP) is 2.69. The van der Waals surface area contributed by atoms with Crippen molar-refractivity contribution in [1.29, 1.82) is 0 Å². The third kappa shape index (κ3) is 3.08. The Labute approximate surface area is 101 Å². The summed E-state index contributed by atoms with van der Waals surface area (Å²) in [5.41, 5.74) is -0.485. The van der Waals surface area contributed by atoms with E-state index in [-0.39, 0.29) is 17.1 Å². The van der Waals surface area contributed by atoms with E-state index in [9.17, 15) is 19.8 Å². The Balaban J connectivity index is 3.31. The molecular formula is C13H20O4. The Kier molecular flexibility index (Phi) is 3.96. The van der Waals surface area contributed by atoms with Gasteiger partial charge in [-0.15, -0.1) is 0 Å². The maximum Gasteiger partial charge on any atom is 0.332 e. The van der Waals surface area contributed by atoms with Gasteiger partial charge in [0, 0.05) is 0 Å². The second kappa shape index (κ2) is 4.90. The molecule has 0 atom stereocenters. The van der Waals surface area contributed by atoms with Crippen LogP contribution >= 0.6 is 0 Å². The largest absolute Gasteiger partial charge is 0.478 e. The van der Waals surface area contributed by atoms with E-state index in [1.54, 1.807) is 20.8 Å². The Bertz CT molecular complexity index is 354. The minimum atomic E-state index is -1.11. The summed E-state index contributed by atoms with van der Waals surface area (Å²) >= 11 is 0. The van der Waals surface area contributed by atoms with Crippen LogP contribution in [-0.4, -0.2) is 22.2 Å². The average molecular weight is 240 g/mol. The van der Waals surface area contributed by atoms with Crippen molar-refractivity contribution >= 4 is 11.9 Å². The van der Waals surface area contributed by atoms with E-state index in [0.29, 0.717) is 0 Å². The average Bonchev–Trinajstić information content (AvgIpc) is 2.62. The van der Waals surface area contributed by atoms with Gasteiger partial charge in [0.05, 0.1) is 11.1 Å². The lowest BCUT2D eigenvalue weighted by Gasteiger charge is -2.24. The molecule has 0 unspecified atom stereocenters. The predicted molar refractivity (Wildman–Crippen MR) is 63.7 cm³/mol. The Morgan fingerprint density at radius 1 is 1.00 bits per heavy atom. The van der Waals surface area contributed by atoms with Gasteiger partial charge in [0.2, 0.25) is 0 Å². The van der Waals surface area contributed by atoms with Gasteiger partial charge in [0.25, 0.3) is 0 Å². The first kappa shape index (κ1) is 13.7. The second-order valence-corrected chi connectivity index (χ2v) is 5.63. The van der Waals surface area contributed by atoms with Gasteiger partial charge in [-0.05, 0) is 24.2 Å². The molecule has 0 bridgehead atoms. The van der Waals surface area contributed by atoms with Crippen molar-refractivity contribution in [2.45, 2.75) is 46.5 Å². The van der Waals surface area contributed by atoms with Crippen LogP contribution < -0.4 is 0 Å². The van der Waals surface area contributed by atoms with E-state index in [0.717, 1.165) is 25.7 Å². The molecule has 4 heteroatoms. The van der Waals surface area contributed by atoms with Gasteiger partial charge in [0.1, 0.15) is 0 Å². The van der Waals surface area contributed by atoms with Crippen molar-refractivity contribution in [3.8, 4) is 0 Å². The number of carboxylic acid groups (broad SMARTS) is 2. The van der Waals surface area contributed by atoms with E-state index in [2.05, 4.69) is 0 Å². The van der Waals surface area contributed by atoms with Crippen molar-refractivity contribution in [1.82, 2.24) is 0 Å². The van der Waals surface area contributed by atoms with Crippen LogP contribution in [0.1, 0.15) is 46.5 Å². The lowest BCUT2D eigenvalue weighted by molar-refractivity contribution is -0.137. The van der Waals surface area contributed by atoms with Crippen LogP contribution in [0.25, 0.3) is 0 Å². The van der Waals surface area contributed by atoms with E-state index in [4.69, 9.17) is 0 Å². The summed E-state index contributed by atoms with van der Waals surface area (Å²) in [5, 5.41) is 18.6. The maximum atomic E-state index is 11.4. The monoisotopic (exact) mass is 240 g/mol. The molecule has 0 heterocycles. The van der Waals surface area contributed by atoms with Crippen LogP contribution in [0.4, 0.5) is 0 Å². The summed E-state index contributed by atoms with van der Waals surface area (Å²) in [4.78, 5) is 22.7. The zero-order valence-corrected chi connectivity index (χ0v) is 10.6. The van der Waals surface area contributed by atoms with Crippen molar-refractivity contribution in [2.24, 2.45) is 11.3 Å². The molecule has 0 saturated heterocycles. The highest BCUT2D eigenvalue weighted by Crippen LogP contribution is 2.38. The molecule has 2 N–H and O–H groups in total. The molecule has 1 rings (SSSR count). The molecule has 1 fully saturated rings. The fourth-order valence-electron chi connectivity index (χ4n) is 2.54. The Morgan fingerprint density at radius 2 is 1.47 bits per heavy atom. The first-order valence-corrected chi connectivity index (χ1v) is 5.96. The van der Waals surface area contributed by atoms with Gasteiger partial charge >= 0.3 is 11.9 Å². The SMILES string of the molecule is CC(C)(C)C(C(=O)O)=C(C(=O)O)C1CCCC1. The van der Waals surface area contributed by atoms with Crippen molar-refractivity contribution in [3.63, 3.8) is 0 Å². The van der Waals surface area contributed by atoms with Gasteiger partial charge in [-0.1, -0.05) is 33.6 Å². The van der Waals surface area contributed by atoms with Crippen molar-refractivity contribution < 1.29 is 19.8 Å². The van der Waals surface area contributed by atoms with E-state index < -0.39 is 17.4 Å². The highest BCUT2D eigenvalue weighted by atomic mass is 16.4. The number of rotatable bonds is 3. The topological polar surface area (TPSA) is 74.6 Å². The standard InChI is InChI=1S/C13H20O4/c1-13(2,3)10(12(16)17)9(11(14)15)8-6-4-5-7-8/h8H,4-7H2,1-3H3,(H,14,15)(H,16,17). The van der Waals surface area contributed by atoms with Crippen LogP contribution in [0.5, 0.6) is 0 Å². The summed E-state index contributed by atoms with van der Waals surface area (Å²) in [5.74, 6) is -2.29. The molecule has 17 heavy (non-hydrogen) atoms. The van der Waals surface area contributed by atoms with Crippen LogP contribution in [0, 0.1) is 11.3 Å². The molecule has 0 aromatic carbocycles. The van der Waals surface area contributed by atoms with Gasteiger partial charge in [0.15, 0.2) is 0 Å². The third-order valence-corrected chi connectivity index (χ3v) is 3.23. The molecule has 0 spiro atoms. The molecular weight excluding hydrogens is 220 g/mol. The quantitative estimate of drug-likeness (QED) is 0.744. The zero-order valence-electron chi connectivity index (χ0n) is 10.6. The highest BCUT2D eigenvalue weighted by Gasteiger charge is 2.35. The number of carbonyl (C=O) groups is 2. The zero-order chi connectivity index (χ0) is 13.2. The van der Waals surface area contributed by atoms with Gasteiger partial charge in [-0.25, -0.2) is 9.59 Å². The first-order valence-electron chi connectivity index (χ1n) is 5.96. The van der Waals surface area contributed by atoms with Crippen LogP contribution in [0.3, 0.4) is 0 Å². The summed E-state index contributed by atoms with van der Waals surface area (Å²) in [6, 6.07) is 0. The van der Waals surface area contributed by atoms with Gasteiger partial charge < -0.3 is 10.2 Å².